The van der Waals surface area contributed by atoms with E-state index in [9.17, 15) is 0 Å². The van der Waals surface area contributed by atoms with Gasteiger partial charge in [0.1, 0.15) is 0 Å². The Morgan fingerprint density at radius 2 is 2.14 bits per heavy atom. The van der Waals surface area contributed by atoms with E-state index in [4.69, 9.17) is 4.52 Å². The highest BCUT2D eigenvalue weighted by atomic mass is 16.5. The molecule has 0 saturated carbocycles. The average Bonchev–Trinajstić information content (AvgIpc) is 3.18. The Hall–Kier alpha value is -1.69. The Morgan fingerprint density at radius 1 is 1.32 bits per heavy atom. The van der Waals surface area contributed by atoms with Crippen molar-refractivity contribution in [1.82, 2.24) is 24.8 Å². The van der Waals surface area contributed by atoms with E-state index in [0.29, 0.717) is 6.04 Å². The van der Waals surface area contributed by atoms with Crippen molar-refractivity contribution < 1.29 is 4.52 Å². The van der Waals surface area contributed by atoms with Crippen molar-refractivity contribution in [2.45, 2.75) is 65.1 Å². The van der Waals surface area contributed by atoms with Gasteiger partial charge in [0, 0.05) is 24.7 Å². The van der Waals surface area contributed by atoms with Crippen LogP contribution >= 0.6 is 0 Å². The zero-order valence-electron chi connectivity index (χ0n) is 13.9. The lowest BCUT2D eigenvalue weighted by Gasteiger charge is -2.20. The first-order valence-corrected chi connectivity index (χ1v) is 8.16. The van der Waals surface area contributed by atoms with Crippen LogP contribution in [0.5, 0.6) is 0 Å². The van der Waals surface area contributed by atoms with E-state index >= 15 is 0 Å². The summed E-state index contributed by atoms with van der Waals surface area (Å²) in [4.78, 5) is 6.98. The third-order valence-corrected chi connectivity index (χ3v) is 4.17. The van der Waals surface area contributed by atoms with Crippen LogP contribution in [0.2, 0.25) is 0 Å². The quantitative estimate of drug-likeness (QED) is 0.848. The molecule has 1 aliphatic rings. The van der Waals surface area contributed by atoms with Crippen molar-refractivity contribution in [1.29, 1.82) is 0 Å². The predicted octanol–water partition coefficient (Wildman–Crippen LogP) is 3.31. The summed E-state index contributed by atoms with van der Waals surface area (Å²) in [6.07, 6.45) is 4.30. The molecule has 0 amide bonds. The van der Waals surface area contributed by atoms with Crippen LogP contribution in [0, 0.1) is 0 Å². The van der Waals surface area contributed by atoms with Gasteiger partial charge in [-0.05, 0) is 39.3 Å². The molecular formula is C16H25N5O. The van der Waals surface area contributed by atoms with Crippen LogP contribution < -0.4 is 0 Å². The van der Waals surface area contributed by atoms with Gasteiger partial charge in [-0.15, -0.1) is 0 Å². The molecule has 2 aromatic rings. The van der Waals surface area contributed by atoms with Gasteiger partial charge in [-0.3, -0.25) is 9.58 Å². The number of nitrogens with zero attached hydrogens (tertiary/aromatic N) is 5. The topological polar surface area (TPSA) is 60.0 Å². The van der Waals surface area contributed by atoms with E-state index in [0.717, 1.165) is 36.9 Å². The number of aromatic nitrogens is 4. The molecule has 1 aliphatic heterocycles. The second kappa shape index (κ2) is 6.20. The molecule has 0 aliphatic carbocycles. The second-order valence-corrected chi connectivity index (χ2v) is 6.65. The molecule has 0 N–H and O–H groups in total. The fraction of sp³-hybridized carbons (Fsp3) is 0.688. The lowest BCUT2D eigenvalue weighted by molar-refractivity contribution is 0.230. The average molecular weight is 303 g/mol. The van der Waals surface area contributed by atoms with E-state index in [-0.39, 0.29) is 12.0 Å². The summed E-state index contributed by atoms with van der Waals surface area (Å²) in [6.45, 7) is 10.3. The Morgan fingerprint density at radius 3 is 2.77 bits per heavy atom. The summed E-state index contributed by atoms with van der Waals surface area (Å²) in [5, 5.41) is 8.84. The number of likely N-dealkylation sites (tertiary alicyclic amines) is 1. The zero-order chi connectivity index (χ0) is 15.7. The highest BCUT2D eigenvalue weighted by Crippen LogP contribution is 2.32. The summed E-state index contributed by atoms with van der Waals surface area (Å²) in [5.74, 6) is 1.83. The second-order valence-electron chi connectivity index (χ2n) is 6.65. The maximum atomic E-state index is 5.37. The summed E-state index contributed by atoms with van der Waals surface area (Å²) in [7, 11) is 0. The van der Waals surface area contributed by atoms with Gasteiger partial charge in [-0.1, -0.05) is 19.0 Å². The third kappa shape index (κ3) is 3.06. The fourth-order valence-corrected chi connectivity index (χ4v) is 2.88. The van der Waals surface area contributed by atoms with E-state index in [1.807, 2.05) is 4.68 Å². The van der Waals surface area contributed by atoms with E-state index < -0.39 is 0 Å². The molecule has 6 heteroatoms. The molecule has 2 aromatic heterocycles. The standard InChI is InChI=1S/C16H25N5O/c1-11(2)16-17-15(19-22-16)14-6-5-8-20(14)10-13-7-9-21(18-13)12(3)4/h7,9,11-12,14H,5-6,8,10H2,1-4H3. The highest BCUT2D eigenvalue weighted by molar-refractivity contribution is 5.04. The summed E-state index contributed by atoms with van der Waals surface area (Å²) >= 11 is 0. The maximum absolute atomic E-state index is 5.37. The first-order chi connectivity index (χ1) is 10.5. The number of hydrogen-bond donors (Lipinski definition) is 0. The molecule has 3 heterocycles. The van der Waals surface area contributed by atoms with Crippen molar-refractivity contribution in [3.8, 4) is 0 Å². The molecule has 0 spiro atoms. The van der Waals surface area contributed by atoms with Crippen LogP contribution in [0.25, 0.3) is 0 Å². The molecule has 0 aromatic carbocycles. The summed E-state index contributed by atoms with van der Waals surface area (Å²) in [5.41, 5.74) is 1.10. The molecule has 120 valence electrons. The largest absolute Gasteiger partial charge is 0.339 e. The van der Waals surface area contributed by atoms with Gasteiger partial charge in [0.2, 0.25) is 5.89 Å². The van der Waals surface area contributed by atoms with Crippen LogP contribution in [0.4, 0.5) is 0 Å². The summed E-state index contributed by atoms with van der Waals surface area (Å²) in [6, 6.07) is 2.75. The minimum atomic E-state index is 0.250. The van der Waals surface area contributed by atoms with Crippen LogP contribution in [-0.2, 0) is 6.54 Å². The van der Waals surface area contributed by atoms with E-state index in [2.05, 4.69) is 60.1 Å². The number of hydrogen-bond acceptors (Lipinski definition) is 5. The van der Waals surface area contributed by atoms with E-state index in [1.54, 1.807) is 0 Å². The molecule has 1 atom stereocenters. The third-order valence-electron chi connectivity index (χ3n) is 4.17. The van der Waals surface area contributed by atoms with Gasteiger partial charge in [-0.2, -0.15) is 10.1 Å². The first-order valence-electron chi connectivity index (χ1n) is 8.16. The molecule has 1 saturated heterocycles. The Labute approximate surface area is 131 Å². The monoisotopic (exact) mass is 303 g/mol. The summed E-state index contributed by atoms with van der Waals surface area (Å²) < 4.78 is 7.37. The molecule has 0 radical (unpaired) electrons. The van der Waals surface area contributed by atoms with Crippen molar-refractivity contribution in [3.05, 3.63) is 29.7 Å². The lowest BCUT2D eigenvalue weighted by Crippen LogP contribution is -2.24. The highest BCUT2D eigenvalue weighted by Gasteiger charge is 2.30. The molecule has 22 heavy (non-hydrogen) atoms. The lowest BCUT2D eigenvalue weighted by atomic mass is 10.2. The van der Waals surface area contributed by atoms with E-state index in [1.165, 1.54) is 6.42 Å². The Bertz CT molecular complexity index is 616. The van der Waals surface area contributed by atoms with Crippen LogP contribution in [-0.4, -0.2) is 31.4 Å². The minimum Gasteiger partial charge on any atom is -0.339 e. The smallest absolute Gasteiger partial charge is 0.229 e. The van der Waals surface area contributed by atoms with Gasteiger partial charge in [0.25, 0.3) is 0 Å². The molecule has 1 unspecified atom stereocenters. The van der Waals surface area contributed by atoms with Crippen molar-refractivity contribution in [3.63, 3.8) is 0 Å². The van der Waals surface area contributed by atoms with Gasteiger partial charge >= 0.3 is 0 Å². The van der Waals surface area contributed by atoms with Gasteiger partial charge in [-0.25, -0.2) is 0 Å². The normalized spacial score (nSPS) is 19.6. The Balaban J connectivity index is 1.72. The van der Waals surface area contributed by atoms with Crippen LogP contribution in [0.3, 0.4) is 0 Å². The number of rotatable bonds is 5. The van der Waals surface area contributed by atoms with Gasteiger partial charge < -0.3 is 4.52 Å². The van der Waals surface area contributed by atoms with Gasteiger partial charge in [0.05, 0.1) is 11.7 Å². The van der Waals surface area contributed by atoms with Crippen molar-refractivity contribution in [2.24, 2.45) is 0 Å². The predicted molar refractivity (Wildman–Crippen MR) is 83.4 cm³/mol. The molecule has 0 bridgehead atoms. The van der Waals surface area contributed by atoms with Crippen molar-refractivity contribution in [2.75, 3.05) is 6.54 Å². The Kier molecular flexibility index (Phi) is 4.29. The maximum Gasteiger partial charge on any atom is 0.229 e. The van der Waals surface area contributed by atoms with Crippen LogP contribution in [0.1, 0.15) is 75.9 Å². The molecular weight excluding hydrogens is 278 g/mol. The van der Waals surface area contributed by atoms with Gasteiger partial charge in [0.15, 0.2) is 5.82 Å². The minimum absolute atomic E-state index is 0.250. The SMILES string of the molecule is CC(C)c1nc(C2CCCN2Cc2ccn(C(C)C)n2)no1. The fourth-order valence-electron chi connectivity index (χ4n) is 2.88. The molecule has 6 nitrogen and oxygen atoms in total. The molecule has 1 fully saturated rings. The molecule has 3 rings (SSSR count). The van der Waals surface area contributed by atoms with Crippen molar-refractivity contribution >= 4 is 0 Å². The first kappa shape index (κ1) is 15.2. The van der Waals surface area contributed by atoms with Crippen LogP contribution in [0.15, 0.2) is 16.8 Å². The zero-order valence-corrected chi connectivity index (χ0v) is 13.9.